The van der Waals surface area contributed by atoms with Gasteiger partial charge in [0, 0.05) is 5.02 Å². The van der Waals surface area contributed by atoms with Gasteiger partial charge in [0.05, 0.1) is 12.5 Å². The van der Waals surface area contributed by atoms with Gasteiger partial charge in [-0.1, -0.05) is 23.7 Å². The summed E-state index contributed by atoms with van der Waals surface area (Å²) in [5, 5.41) is 0.212. The van der Waals surface area contributed by atoms with Crippen molar-refractivity contribution in [2.24, 2.45) is 0 Å². The minimum Gasteiger partial charge on any atom is -0.497 e. The fraction of sp³-hybridized carbons (Fsp3) is 0.250. The summed E-state index contributed by atoms with van der Waals surface area (Å²) in [5.74, 6) is 2.17. The van der Waals surface area contributed by atoms with Crippen molar-refractivity contribution >= 4 is 23.2 Å². The van der Waals surface area contributed by atoms with E-state index in [1.165, 1.54) is 0 Å². The molecule has 1 aliphatic heterocycles. The third-order valence-corrected chi connectivity index (χ3v) is 4.15. The Morgan fingerprint density at radius 2 is 1.81 bits per heavy atom. The average Bonchev–Trinajstić information content (AvgIpc) is 2.53. The van der Waals surface area contributed by atoms with Crippen LogP contribution in [0.2, 0.25) is 5.02 Å². The van der Waals surface area contributed by atoms with Gasteiger partial charge in [-0.25, -0.2) is 0 Å². The number of alkyl halides is 1. The Hall–Kier alpha value is -1.58. The molecule has 0 spiro atoms. The number of benzene rings is 2. The van der Waals surface area contributed by atoms with Gasteiger partial charge in [0.1, 0.15) is 19.0 Å². The quantitative estimate of drug-likeness (QED) is 0.781. The highest BCUT2D eigenvalue weighted by Crippen LogP contribution is 2.39. The van der Waals surface area contributed by atoms with Gasteiger partial charge in [0.25, 0.3) is 0 Å². The Labute approximate surface area is 133 Å². The van der Waals surface area contributed by atoms with E-state index >= 15 is 0 Å². The lowest BCUT2D eigenvalue weighted by atomic mass is 10.0. The van der Waals surface area contributed by atoms with E-state index in [0.717, 1.165) is 16.9 Å². The van der Waals surface area contributed by atoms with E-state index < -0.39 is 0 Å². The second-order valence-electron chi connectivity index (χ2n) is 4.65. The fourth-order valence-corrected chi connectivity index (χ4v) is 2.90. The Morgan fingerprint density at radius 1 is 1.05 bits per heavy atom. The summed E-state index contributed by atoms with van der Waals surface area (Å²) in [4.78, 5) is 0. The molecule has 21 heavy (non-hydrogen) atoms. The van der Waals surface area contributed by atoms with E-state index in [4.69, 9.17) is 37.4 Å². The zero-order valence-corrected chi connectivity index (χ0v) is 12.9. The third kappa shape index (κ3) is 2.89. The molecule has 0 bridgehead atoms. The average molecular weight is 325 g/mol. The van der Waals surface area contributed by atoms with Gasteiger partial charge in [-0.2, -0.15) is 0 Å². The summed E-state index contributed by atoms with van der Waals surface area (Å²) in [5.41, 5.74) is 1.74. The molecule has 2 aromatic carbocycles. The molecule has 1 heterocycles. The van der Waals surface area contributed by atoms with Crippen molar-refractivity contribution in [2.75, 3.05) is 20.3 Å². The molecule has 2 aromatic rings. The zero-order valence-electron chi connectivity index (χ0n) is 11.4. The van der Waals surface area contributed by atoms with Crippen LogP contribution in [0, 0.1) is 0 Å². The first-order valence-corrected chi connectivity index (χ1v) is 7.37. The number of hydrogen-bond acceptors (Lipinski definition) is 3. The molecule has 1 atom stereocenters. The van der Waals surface area contributed by atoms with Gasteiger partial charge in [0.2, 0.25) is 0 Å². The fourth-order valence-electron chi connectivity index (χ4n) is 2.24. The Bertz CT molecular complexity index is 658. The lowest BCUT2D eigenvalue weighted by Crippen LogP contribution is -2.15. The largest absolute Gasteiger partial charge is 0.497 e. The molecular weight excluding hydrogens is 311 g/mol. The summed E-state index contributed by atoms with van der Waals surface area (Å²) >= 11 is 12.8. The van der Waals surface area contributed by atoms with Crippen LogP contribution in [0.3, 0.4) is 0 Å². The molecule has 0 fully saturated rings. The van der Waals surface area contributed by atoms with E-state index in [9.17, 15) is 0 Å². The molecule has 0 aliphatic carbocycles. The molecule has 0 saturated carbocycles. The van der Waals surface area contributed by atoms with Crippen molar-refractivity contribution in [1.82, 2.24) is 0 Å². The van der Waals surface area contributed by atoms with Crippen LogP contribution < -0.4 is 14.2 Å². The van der Waals surface area contributed by atoms with Gasteiger partial charge in [0.15, 0.2) is 11.5 Å². The van der Waals surface area contributed by atoms with Crippen LogP contribution in [0.15, 0.2) is 36.4 Å². The summed E-state index contributed by atoms with van der Waals surface area (Å²) in [6.45, 7) is 1.12. The Balaban J connectivity index is 1.93. The number of methoxy groups -OCH3 is 1. The van der Waals surface area contributed by atoms with Crippen molar-refractivity contribution in [3.05, 3.63) is 52.5 Å². The van der Waals surface area contributed by atoms with Crippen LogP contribution >= 0.6 is 23.2 Å². The van der Waals surface area contributed by atoms with Crippen LogP contribution in [-0.2, 0) is 0 Å². The van der Waals surface area contributed by atoms with E-state index in [-0.39, 0.29) is 5.38 Å². The number of fused-ring (bicyclic) bond motifs is 1. The summed E-state index contributed by atoms with van der Waals surface area (Å²) in [7, 11) is 1.60. The van der Waals surface area contributed by atoms with Crippen LogP contribution in [0.4, 0.5) is 0 Å². The van der Waals surface area contributed by atoms with Gasteiger partial charge >= 0.3 is 0 Å². The molecule has 1 aliphatic rings. The van der Waals surface area contributed by atoms with Gasteiger partial charge < -0.3 is 14.2 Å². The number of ether oxygens (including phenoxy) is 3. The molecule has 0 aromatic heterocycles. The highest BCUT2D eigenvalue weighted by molar-refractivity contribution is 6.33. The Morgan fingerprint density at radius 3 is 2.52 bits per heavy atom. The number of rotatable bonds is 3. The van der Waals surface area contributed by atoms with Crippen LogP contribution in [0.5, 0.6) is 17.2 Å². The minimum atomic E-state index is -0.362. The molecule has 3 rings (SSSR count). The highest BCUT2D eigenvalue weighted by Gasteiger charge is 2.18. The molecule has 1 unspecified atom stereocenters. The first-order chi connectivity index (χ1) is 10.2. The number of halogens is 2. The van der Waals surface area contributed by atoms with Crippen molar-refractivity contribution < 1.29 is 14.2 Å². The first kappa shape index (κ1) is 14.4. The maximum absolute atomic E-state index is 6.55. The maximum Gasteiger partial charge on any atom is 0.161 e. The lowest BCUT2D eigenvalue weighted by Gasteiger charge is -2.20. The standard InChI is InChI=1S/C16H14Cl2O3/c1-19-11-3-4-12(13(17)9-11)16(18)10-2-5-14-15(8-10)21-7-6-20-14/h2-5,8-9,16H,6-7H2,1H3. The van der Waals surface area contributed by atoms with Crippen LogP contribution in [-0.4, -0.2) is 20.3 Å². The molecule has 0 amide bonds. The van der Waals surface area contributed by atoms with Gasteiger partial charge in [-0.05, 0) is 35.4 Å². The van der Waals surface area contributed by atoms with Gasteiger partial charge in [-0.3, -0.25) is 0 Å². The summed E-state index contributed by atoms with van der Waals surface area (Å²) in [6, 6.07) is 11.2. The molecular formula is C16H14Cl2O3. The maximum atomic E-state index is 6.55. The molecule has 0 radical (unpaired) electrons. The normalized spacial score (nSPS) is 14.6. The second kappa shape index (κ2) is 6.04. The first-order valence-electron chi connectivity index (χ1n) is 6.56. The Kier molecular flexibility index (Phi) is 4.13. The third-order valence-electron chi connectivity index (χ3n) is 3.34. The molecule has 0 saturated heterocycles. The minimum absolute atomic E-state index is 0.362. The highest BCUT2D eigenvalue weighted by atomic mass is 35.5. The van der Waals surface area contributed by atoms with Crippen molar-refractivity contribution in [3.63, 3.8) is 0 Å². The van der Waals surface area contributed by atoms with Crippen molar-refractivity contribution in [1.29, 1.82) is 0 Å². The lowest BCUT2D eigenvalue weighted by molar-refractivity contribution is 0.171. The monoisotopic (exact) mass is 324 g/mol. The van der Waals surface area contributed by atoms with E-state index in [2.05, 4.69) is 0 Å². The van der Waals surface area contributed by atoms with E-state index in [0.29, 0.717) is 29.7 Å². The van der Waals surface area contributed by atoms with Gasteiger partial charge in [-0.15, -0.1) is 11.6 Å². The number of hydrogen-bond donors (Lipinski definition) is 0. The zero-order chi connectivity index (χ0) is 14.8. The summed E-state index contributed by atoms with van der Waals surface area (Å²) in [6.07, 6.45) is 0. The van der Waals surface area contributed by atoms with Crippen molar-refractivity contribution in [3.8, 4) is 17.2 Å². The van der Waals surface area contributed by atoms with Crippen molar-refractivity contribution in [2.45, 2.75) is 5.38 Å². The summed E-state index contributed by atoms with van der Waals surface area (Å²) < 4.78 is 16.2. The molecule has 3 nitrogen and oxygen atoms in total. The van der Waals surface area contributed by atoms with E-state index in [1.807, 2.05) is 30.3 Å². The van der Waals surface area contributed by atoms with Crippen LogP contribution in [0.25, 0.3) is 0 Å². The molecule has 5 heteroatoms. The SMILES string of the molecule is COc1ccc(C(Cl)c2ccc3c(c2)OCCO3)c(Cl)c1. The predicted molar refractivity (Wildman–Crippen MR) is 83.1 cm³/mol. The topological polar surface area (TPSA) is 27.7 Å². The smallest absolute Gasteiger partial charge is 0.161 e. The van der Waals surface area contributed by atoms with E-state index in [1.54, 1.807) is 13.2 Å². The van der Waals surface area contributed by atoms with Crippen LogP contribution in [0.1, 0.15) is 16.5 Å². The second-order valence-corrected chi connectivity index (χ2v) is 5.50. The molecule has 110 valence electrons. The molecule has 0 N–H and O–H groups in total. The predicted octanol–water partition coefficient (Wildman–Crippen LogP) is 4.45.